The largest absolute Gasteiger partial charge is 0.488 e. The number of nitrogens with one attached hydrogen (secondary N) is 2. The molecule has 0 bridgehead atoms. The fourth-order valence-corrected chi connectivity index (χ4v) is 10.5. The lowest BCUT2D eigenvalue weighted by Crippen LogP contribution is -2.74. The number of pyridine rings is 3. The minimum Gasteiger partial charge on any atom is -0.488 e. The van der Waals surface area contributed by atoms with Crippen molar-refractivity contribution in [3.63, 3.8) is 0 Å². The molecule has 4 aliphatic rings. The Morgan fingerprint density at radius 3 is 2.38 bits per heavy atom. The number of fused-ring (bicyclic) bond motifs is 2. The fourth-order valence-electron chi connectivity index (χ4n) is 10.5. The van der Waals surface area contributed by atoms with Crippen LogP contribution in [0.25, 0.3) is 21.8 Å². The predicted molar refractivity (Wildman–Crippen MR) is 234 cm³/mol. The lowest BCUT2D eigenvalue weighted by atomic mass is 9.49. The SMILES string of the molecule is CC1(C)[C@H](NC(=O)c2ccc(N3CCC(CN4CCC(n5ncc6c(N7CCC(=O)NC7=O)nccc65)CC4)CC3)nc2)C(C)(C)[C@H]1Oc1ccc(C#N)c2ncccc12.Cl. The number of rotatable bonds is 9. The average Bonchev–Trinajstić information content (AvgIpc) is 3.70. The molecule has 318 valence electrons. The first-order valence-electron chi connectivity index (χ1n) is 21.0. The van der Waals surface area contributed by atoms with E-state index in [1.165, 1.54) is 4.90 Å². The minimum absolute atomic E-state index is 0. The summed E-state index contributed by atoms with van der Waals surface area (Å²) in [5.74, 6) is 2.31. The Labute approximate surface area is 361 Å². The van der Waals surface area contributed by atoms with Gasteiger partial charge in [0.1, 0.15) is 29.6 Å². The standard InChI is InChI=1S/C45H51N11O4.ClH/c1-44(2)41(45(3,4)42(44)60-35-9-7-29(24-46)38-32(35)6-5-17-47-38)52-40(58)30-8-10-36(49-25-30)54-21-12-28(13-22-54)27-53-19-14-31(15-20-53)56-34-11-18-48-39(33(34)26-50-56)55-23-16-37(57)51-43(55)59;/h5-11,17-18,25-26,28,31,41-42H,12-16,19-23,27H2,1-4H3,(H,52,58)(H,51,57,59);1H/t41-,42-;. The second kappa shape index (κ2) is 16.5. The van der Waals surface area contributed by atoms with E-state index in [4.69, 9.17) is 14.8 Å². The highest BCUT2D eigenvalue weighted by atomic mass is 35.5. The predicted octanol–water partition coefficient (Wildman–Crippen LogP) is 6.28. The number of benzene rings is 1. The van der Waals surface area contributed by atoms with Gasteiger partial charge in [-0.1, -0.05) is 27.7 Å². The topological polar surface area (TPSA) is 174 Å². The van der Waals surface area contributed by atoms with Gasteiger partial charge in [0.05, 0.1) is 39.8 Å². The van der Waals surface area contributed by atoms with Crippen molar-refractivity contribution in [2.45, 2.75) is 78.0 Å². The normalized spacial score (nSPS) is 22.0. The van der Waals surface area contributed by atoms with E-state index < -0.39 is 6.03 Å². The van der Waals surface area contributed by atoms with E-state index in [2.05, 4.69) is 68.8 Å². The molecule has 3 saturated heterocycles. The van der Waals surface area contributed by atoms with Gasteiger partial charge < -0.3 is 19.9 Å². The second-order valence-electron chi connectivity index (χ2n) is 17.9. The third-order valence-electron chi connectivity index (χ3n) is 13.4. The van der Waals surface area contributed by atoms with Gasteiger partial charge in [-0.25, -0.2) is 14.8 Å². The van der Waals surface area contributed by atoms with E-state index in [-0.39, 0.29) is 59.7 Å². The van der Waals surface area contributed by atoms with Crippen molar-refractivity contribution in [1.82, 2.24) is 40.3 Å². The third kappa shape index (κ3) is 7.72. The van der Waals surface area contributed by atoms with E-state index in [1.54, 1.807) is 30.9 Å². The molecule has 0 spiro atoms. The number of urea groups is 1. The van der Waals surface area contributed by atoms with Gasteiger partial charge >= 0.3 is 6.03 Å². The highest BCUT2D eigenvalue weighted by molar-refractivity contribution is 6.08. The van der Waals surface area contributed by atoms with E-state index in [9.17, 15) is 19.6 Å². The number of halogens is 1. The van der Waals surface area contributed by atoms with Crippen molar-refractivity contribution in [2.24, 2.45) is 16.7 Å². The number of carbonyl (C=O) groups is 3. The van der Waals surface area contributed by atoms with Crippen molar-refractivity contribution in [1.29, 1.82) is 5.26 Å². The van der Waals surface area contributed by atoms with E-state index in [0.717, 1.165) is 80.5 Å². The number of nitrogens with zero attached hydrogens (tertiary/aromatic N) is 9. The maximum Gasteiger partial charge on any atom is 0.329 e. The molecule has 15 nitrogen and oxygen atoms in total. The van der Waals surface area contributed by atoms with Crippen LogP contribution in [-0.4, -0.2) is 98.9 Å². The molecule has 9 rings (SSSR count). The van der Waals surface area contributed by atoms with Crippen LogP contribution in [0.2, 0.25) is 0 Å². The molecule has 4 fully saturated rings. The van der Waals surface area contributed by atoms with Crippen LogP contribution in [-0.2, 0) is 4.79 Å². The molecule has 5 aromatic rings. The molecular weight excluding hydrogens is 794 g/mol. The summed E-state index contributed by atoms with van der Waals surface area (Å²) in [4.78, 5) is 57.9. The monoisotopic (exact) mass is 845 g/mol. The molecule has 1 aromatic carbocycles. The lowest BCUT2D eigenvalue weighted by Gasteiger charge is -2.63. The molecule has 1 aliphatic carbocycles. The Bertz CT molecular complexity index is 2490. The van der Waals surface area contributed by atoms with Crippen molar-refractivity contribution in [3.8, 4) is 11.8 Å². The van der Waals surface area contributed by atoms with Gasteiger partial charge in [-0.05, 0) is 74.1 Å². The Morgan fingerprint density at radius 1 is 0.902 bits per heavy atom. The summed E-state index contributed by atoms with van der Waals surface area (Å²) in [6.45, 7) is 13.7. The summed E-state index contributed by atoms with van der Waals surface area (Å²) >= 11 is 0. The quantitative estimate of drug-likeness (QED) is 0.171. The highest BCUT2D eigenvalue weighted by Crippen LogP contribution is 2.56. The number of likely N-dealkylation sites (tertiary alicyclic amines) is 1. The number of hydrogen-bond acceptors (Lipinski definition) is 11. The van der Waals surface area contributed by atoms with Gasteiger partial charge in [0.25, 0.3) is 5.91 Å². The Morgan fingerprint density at radius 2 is 1.67 bits per heavy atom. The van der Waals surface area contributed by atoms with Crippen LogP contribution in [0.3, 0.4) is 0 Å². The molecule has 1 saturated carbocycles. The number of ether oxygens (including phenoxy) is 1. The van der Waals surface area contributed by atoms with Gasteiger partial charge in [0.2, 0.25) is 5.91 Å². The van der Waals surface area contributed by atoms with Gasteiger partial charge in [-0.2, -0.15) is 10.4 Å². The van der Waals surface area contributed by atoms with Crippen molar-refractivity contribution < 1.29 is 19.1 Å². The first kappa shape index (κ1) is 41.9. The summed E-state index contributed by atoms with van der Waals surface area (Å²) in [6, 6.07) is 15.1. The summed E-state index contributed by atoms with van der Waals surface area (Å²) < 4.78 is 8.74. The second-order valence-corrected chi connectivity index (χ2v) is 17.9. The molecule has 0 atom stereocenters. The zero-order chi connectivity index (χ0) is 41.8. The van der Waals surface area contributed by atoms with Crippen LogP contribution >= 0.6 is 12.4 Å². The van der Waals surface area contributed by atoms with Crippen LogP contribution in [0.1, 0.15) is 81.8 Å². The van der Waals surface area contributed by atoms with Crippen LogP contribution in [0, 0.1) is 28.1 Å². The van der Waals surface area contributed by atoms with Crippen LogP contribution < -0.4 is 25.2 Å². The molecule has 0 unspecified atom stereocenters. The molecule has 3 aliphatic heterocycles. The minimum atomic E-state index is -0.443. The number of aromatic nitrogens is 5. The number of nitriles is 1. The summed E-state index contributed by atoms with van der Waals surface area (Å²) in [7, 11) is 0. The number of hydrogen-bond donors (Lipinski definition) is 2. The molecule has 2 N–H and O–H groups in total. The molecule has 16 heteroatoms. The van der Waals surface area contributed by atoms with E-state index >= 15 is 0 Å². The van der Waals surface area contributed by atoms with Crippen molar-refractivity contribution in [2.75, 3.05) is 49.1 Å². The van der Waals surface area contributed by atoms with Crippen LogP contribution in [0.15, 0.2) is 67.3 Å². The van der Waals surface area contributed by atoms with Gasteiger partial charge in [0.15, 0.2) is 0 Å². The number of amides is 4. The number of piperidine rings is 2. The molecule has 4 aromatic heterocycles. The van der Waals surface area contributed by atoms with Gasteiger partial charge in [-0.15, -0.1) is 12.4 Å². The van der Waals surface area contributed by atoms with Gasteiger partial charge in [0, 0.05) is 86.5 Å². The zero-order valence-electron chi connectivity index (χ0n) is 35.0. The lowest BCUT2D eigenvalue weighted by molar-refractivity contribution is -0.163. The Kier molecular flexibility index (Phi) is 11.4. The van der Waals surface area contributed by atoms with Crippen LogP contribution in [0.4, 0.5) is 16.4 Å². The fraction of sp³-hybridized carbons (Fsp3) is 0.467. The zero-order valence-corrected chi connectivity index (χ0v) is 35.8. The maximum atomic E-state index is 13.6. The van der Waals surface area contributed by atoms with Crippen molar-refractivity contribution in [3.05, 3.63) is 78.4 Å². The average molecular weight is 846 g/mol. The molecule has 0 radical (unpaired) electrons. The summed E-state index contributed by atoms with van der Waals surface area (Å²) in [5, 5.41) is 21.6. The Balaban J connectivity index is 0.00000514. The number of imide groups is 1. The van der Waals surface area contributed by atoms with Crippen molar-refractivity contribution >= 4 is 63.7 Å². The highest BCUT2D eigenvalue weighted by Gasteiger charge is 2.64. The first-order valence-corrected chi connectivity index (χ1v) is 21.0. The third-order valence-corrected chi connectivity index (χ3v) is 13.4. The number of anilines is 2. The van der Waals surface area contributed by atoms with E-state index in [0.29, 0.717) is 40.7 Å². The summed E-state index contributed by atoms with van der Waals surface area (Å²) in [6.07, 6.45) is 11.1. The molecule has 61 heavy (non-hydrogen) atoms. The molecule has 4 amide bonds. The summed E-state index contributed by atoms with van der Waals surface area (Å²) in [5.41, 5.74) is 1.88. The van der Waals surface area contributed by atoms with Crippen LogP contribution in [0.5, 0.6) is 5.75 Å². The first-order chi connectivity index (χ1) is 28.9. The van der Waals surface area contributed by atoms with Gasteiger partial charge in [-0.3, -0.25) is 29.5 Å². The smallest absolute Gasteiger partial charge is 0.329 e. The number of carbonyl (C=O) groups excluding carboxylic acids is 3. The maximum absolute atomic E-state index is 13.6. The Hall–Kier alpha value is -5.85. The molecule has 7 heterocycles. The molecular formula is C45H52ClN11O4. The van der Waals surface area contributed by atoms with E-state index in [1.807, 2.05) is 36.4 Å².